The number of ether oxygens (including phenoxy) is 1. The summed E-state index contributed by atoms with van der Waals surface area (Å²) in [4.78, 5) is 3.97. The zero-order valence-corrected chi connectivity index (χ0v) is 11.4. The van der Waals surface area contributed by atoms with E-state index in [9.17, 15) is 4.39 Å². The van der Waals surface area contributed by atoms with Gasteiger partial charge >= 0.3 is 0 Å². The Morgan fingerprint density at radius 1 is 1.10 bits per heavy atom. The van der Waals surface area contributed by atoms with Crippen molar-refractivity contribution in [3.8, 4) is 0 Å². The molecule has 0 atom stereocenters. The summed E-state index contributed by atoms with van der Waals surface area (Å²) in [5.41, 5.74) is 7.81. The normalized spacial score (nSPS) is 10.7. The third-order valence-electron chi connectivity index (χ3n) is 3.14. The lowest BCUT2D eigenvalue weighted by Gasteiger charge is -2.08. The fraction of sp³-hybridized carbons (Fsp3) is 0.312. The number of pyridine rings is 1. The molecule has 1 aromatic carbocycles. The first kappa shape index (κ1) is 14.6. The molecule has 3 nitrogen and oxygen atoms in total. The van der Waals surface area contributed by atoms with Gasteiger partial charge < -0.3 is 10.5 Å². The summed E-state index contributed by atoms with van der Waals surface area (Å²) in [6.45, 7) is 1.10. The Labute approximate surface area is 118 Å². The van der Waals surface area contributed by atoms with Crippen LogP contribution in [0.2, 0.25) is 0 Å². The van der Waals surface area contributed by atoms with Gasteiger partial charge in [-0.05, 0) is 30.5 Å². The number of rotatable bonds is 7. The van der Waals surface area contributed by atoms with Crippen LogP contribution in [-0.2, 0) is 24.3 Å². The summed E-state index contributed by atoms with van der Waals surface area (Å²) in [6, 6.07) is 9.22. The molecule has 2 N–H and O–H groups in total. The van der Waals surface area contributed by atoms with E-state index in [0.29, 0.717) is 17.7 Å². The molecule has 0 spiro atoms. The van der Waals surface area contributed by atoms with Gasteiger partial charge in [0.05, 0.1) is 6.61 Å². The maximum atomic E-state index is 13.9. The Morgan fingerprint density at radius 3 is 2.60 bits per heavy atom. The number of nitrogens with zero attached hydrogens (tertiary/aromatic N) is 1. The lowest BCUT2D eigenvalue weighted by Crippen LogP contribution is -2.04. The summed E-state index contributed by atoms with van der Waals surface area (Å²) in [6.07, 6.45) is 5.41. The minimum Gasteiger partial charge on any atom is -0.377 e. The monoisotopic (exact) mass is 274 g/mol. The highest BCUT2D eigenvalue weighted by Gasteiger charge is 2.06. The molecule has 0 radical (unpaired) electrons. The number of aryl methyl sites for hydroxylation is 1. The van der Waals surface area contributed by atoms with E-state index in [2.05, 4.69) is 4.98 Å². The van der Waals surface area contributed by atoms with Gasteiger partial charge in [-0.15, -0.1) is 0 Å². The smallest absolute Gasteiger partial charge is 0.133 e. The number of nitrogens with two attached hydrogens (primary N) is 1. The maximum absolute atomic E-state index is 13.9. The van der Waals surface area contributed by atoms with Gasteiger partial charge in [0.25, 0.3) is 0 Å². The second-order valence-corrected chi connectivity index (χ2v) is 4.61. The van der Waals surface area contributed by atoms with Gasteiger partial charge in [0.2, 0.25) is 0 Å². The Morgan fingerprint density at radius 2 is 1.85 bits per heavy atom. The standard InChI is InChI=1S/C16H19FN2O/c17-16-14(11-18)4-1-5-15(16)12-20-10-2-3-13-6-8-19-9-7-13/h1,4-9H,2-3,10-12,18H2. The highest BCUT2D eigenvalue weighted by molar-refractivity contribution is 5.25. The van der Waals surface area contributed by atoms with Crippen LogP contribution in [0.1, 0.15) is 23.1 Å². The Balaban J connectivity index is 1.74. The van der Waals surface area contributed by atoms with Crippen LogP contribution in [0.25, 0.3) is 0 Å². The summed E-state index contributed by atoms with van der Waals surface area (Å²) >= 11 is 0. The van der Waals surface area contributed by atoms with Gasteiger partial charge in [-0.3, -0.25) is 4.98 Å². The van der Waals surface area contributed by atoms with Crippen molar-refractivity contribution in [3.63, 3.8) is 0 Å². The molecule has 1 heterocycles. The van der Waals surface area contributed by atoms with Crippen molar-refractivity contribution in [2.45, 2.75) is 26.0 Å². The number of aromatic nitrogens is 1. The van der Waals surface area contributed by atoms with Crippen molar-refractivity contribution in [1.29, 1.82) is 0 Å². The highest BCUT2D eigenvalue weighted by atomic mass is 19.1. The molecule has 106 valence electrons. The van der Waals surface area contributed by atoms with Crippen LogP contribution in [0.4, 0.5) is 4.39 Å². The SMILES string of the molecule is NCc1cccc(COCCCc2ccncc2)c1F. The molecule has 0 aliphatic carbocycles. The van der Waals surface area contributed by atoms with E-state index in [1.54, 1.807) is 30.6 Å². The number of halogens is 1. The van der Waals surface area contributed by atoms with Crippen molar-refractivity contribution in [3.05, 3.63) is 65.2 Å². The van der Waals surface area contributed by atoms with Gasteiger partial charge in [-0.1, -0.05) is 18.2 Å². The lowest BCUT2D eigenvalue weighted by molar-refractivity contribution is 0.116. The van der Waals surface area contributed by atoms with Gasteiger partial charge in [-0.2, -0.15) is 0 Å². The molecule has 0 bridgehead atoms. The molecule has 2 rings (SSSR count). The molecule has 2 aromatic rings. The zero-order valence-electron chi connectivity index (χ0n) is 11.4. The van der Waals surface area contributed by atoms with E-state index >= 15 is 0 Å². The van der Waals surface area contributed by atoms with E-state index in [-0.39, 0.29) is 19.0 Å². The van der Waals surface area contributed by atoms with Gasteiger partial charge in [0.1, 0.15) is 5.82 Å². The number of hydrogen-bond acceptors (Lipinski definition) is 3. The van der Waals surface area contributed by atoms with E-state index in [1.165, 1.54) is 5.56 Å². The molecular weight excluding hydrogens is 255 g/mol. The molecule has 20 heavy (non-hydrogen) atoms. The van der Waals surface area contributed by atoms with Crippen LogP contribution >= 0.6 is 0 Å². The van der Waals surface area contributed by atoms with Crippen molar-refractivity contribution >= 4 is 0 Å². The van der Waals surface area contributed by atoms with Crippen molar-refractivity contribution in [2.24, 2.45) is 5.73 Å². The van der Waals surface area contributed by atoms with Crippen molar-refractivity contribution in [1.82, 2.24) is 4.98 Å². The average Bonchev–Trinajstić information content (AvgIpc) is 2.49. The van der Waals surface area contributed by atoms with Gasteiger partial charge in [0, 0.05) is 36.7 Å². The maximum Gasteiger partial charge on any atom is 0.133 e. The molecule has 1 aromatic heterocycles. The average molecular weight is 274 g/mol. The minimum absolute atomic E-state index is 0.210. The van der Waals surface area contributed by atoms with Crippen LogP contribution < -0.4 is 5.73 Å². The third kappa shape index (κ3) is 4.11. The highest BCUT2D eigenvalue weighted by Crippen LogP contribution is 2.13. The summed E-state index contributed by atoms with van der Waals surface area (Å²) in [5, 5.41) is 0. The van der Waals surface area contributed by atoms with Crippen LogP contribution in [-0.4, -0.2) is 11.6 Å². The predicted molar refractivity (Wildman–Crippen MR) is 76.5 cm³/mol. The van der Waals surface area contributed by atoms with E-state index in [4.69, 9.17) is 10.5 Å². The molecule has 0 aliphatic heterocycles. The molecule has 0 saturated carbocycles. The molecular formula is C16H19FN2O. The molecule has 0 amide bonds. The van der Waals surface area contributed by atoms with Crippen molar-refractivity contribution < 1.29 is 9.13 Å². The second-order valence-electron chi connectivity index (χ2n) is 4.61. The molecule has 0 fully saturated rings. The minimum atomic E-state index is -0.246. The van der Waals surface area contributed by atoms with E-state index < -0.39 is 0 Å². The topological polar surface area (TPSA) is 48.1 Å². The second kappa shape index (κ2) is 7.72. The van der Waals surface area contributed by atoms with E-state index in [0.717, 1.165) is 12.8 Å². The van der Waals surface area contributed by atoms with Gasteiger partial charge in [-0.25, -0.2) is 4.39 Å². The Kier molecular flexibility index (Phi) is 5.65. The van der Waals surface area contributed by atoms with Crippen LogP contribution in [0, 0.1) is 5.82 Å². The molecule has 0 aliphatic rings. The van der Waals surface area contributed by atoms with Crippen LogP contribution in [0.15, 0.2) is 42.7 Å². The Hall–Kier alpha value is -1.78. The van der Waals surface area contributed by atoms with Crippen LogP contribution in [0.3, 0.4) is 0 Å². The quantitative estimate of drug-likeness (QED) is 0.790. The lowest BCUT2D eigenvalue weighted by atomic mass is 10.1. The third-order valence-corrected chi connectivity index (χ3v) is 3.14. The Bertz CT molecular complexity index is 531. The van der Waals surface area contributed by atoms with Crippen LogP contribution in [0.5, 0.6) is 0 Å². The first-order valence-electron chi connectivity index (χ1n) is 6.74. The fourth-order valence-electron chi connectivity index (χ4n) is 2.01. The zero-order chi connectivity index (χ0) is 14.2. The van der Waals surface area contributed by atoms with Crippen molar-refractivity contribution in [2.75, 3.05) is 6.61 Å². The number of hydrogen-bond donors (Lipinski definition) is 1. The summed E-state index contributed by atoms with van der Waals surface area (Å²) in [7, 11) is 0. The summed E-state index contributed by atoms with van der Waals surface area (Å²) in [5.74, 6) is -0.246. The predicted octanol–water partition coefficient (Wildman–Crippen LogP) is 2.83. The van der Waals surface area contributed by atoms with Gasteiger partial charge in [0.15, 0.2) is 0 Å². The first-order valence-corrected chi connectivity index (χ1v) is 6.74. The fourth-order valence-corrected chi connectivity index (χ4v) is 2.01. The first-order chi connectivity index (χ1) is 9.81. The molecule has 0 unspecified atom stereocenters. The summed E-state index contributed by atoms with van der Waals surface area (Å²) < 4.78 is 19.4. The molecule has 4 heteroatoms. The van der Waals surface area contributed by atoms with E-state index in [1.807, 2.05) is 12.1 Å². The number of benzene rings is 1. The largest absolute Gasteiger partial charge is 0.377 e. The molecule has 0 saturated heterocycles.